The number of likely N-dealkylation sites (tertiary alicyclic amines) is 1. The Morgan fingerprint density at radius 3 is 2.55 bits per heavy atom. The number of fused-ring (bicyclic) bond motifs is 1. The van der Waals surface area contributed by atoms with Crippen LogP contribution in [0.2, 0.25) is 0 Å². The van der Waals surface area contributed by atoms with Gasteiger partial charge < -0.3 is 19.5 Å². The Morgan fingerprint density at radius 2 is 1.83 bits per heavy atom. The number of aliphatic hydroxyl groups is 1. The molecular formula is C25H34NO3+. The number of hydrogen-bond donors (Lipinski definition) is 2. The SMILES string of the molecule is COc1ccc(OC)c([C@H]2[C@H]3CCCC[C@@]3(O)CC[NH+]2Cc2ccc(C)cc2)c1. The average Bonchev–Trinajstić information content (AvgIpc) is 2.74. The zero-order chi connectivity index (χ0) is 20.4. The highest BCUT2D eigenvalue weighted by Crippen LogP contribution is 2.46. The molecule has 1 aliphatic carbocycles. The molecule has 1 aliphatic heterocycles. The smallest absolute Gasteiger partial charge is 0.128 e. The lowest BCUT2D eigenvalue weighted by Gasteiger charge is -2.50. The normalized spacial score (nSPS) is 29.2. The zero-order valence-corrected chi connectivity index (χ0v) is 17.9. The van der Waals surface area contributed by atoms with Gasteiger partial charge in [0.15, 0.2) is 0 Å². The van der Waals surface area contributed by atoms with Crippen molar-refractivity contribution in [3.8, 4) is 11.5 Å². The molecule has 1 saturated heterocycles. The van der Waals surface area contributed by atoms with Crippen molar-refractivity contribution in [3.63, 3.8) is 0 Å². The molecule has 156 valence electrons. The van der Waals surface area contributed by atoms with Crippen molar-refractivity contribution in [2.24, 2.45) is 5.92 Å². The molecule has 2 N–H and O–H groups in total. The third-order valence-electron chi connectivity index (χ3n) is 7.11. The minimum atomic E-state index is -0.562. The fourth-order valence-electron chi connectivity index (χ4n) is 5.54. The number of piperidine rings is 1. The van der Waals surface area contributed by atoms with Crippen molar-refractivity contribution in [2.45, 2.75) is 57.2 Å². The maximum atomic E-state index is 11.5. The Hall–Kier alpha value is -2.04. The third-order valence-corrected chi connectivity index (χ3v) is 7.11. The molecule has 0 spiro atoms. The fourth-order valence-corrected chi connectivity index (χ4v) is 5.54. The predicted molar refractivity (Wildman–Crippen MR) is 115 cm³/mol. The van der Waals surface area contributed by atoms with E-state index in [0.717, 1.165) is 50.3 Å². The summed E-state index contributed by atoms with van der Waals surface area (Å²) >= 11 is 0. The molecule has 1 saturated carbocycles. The standard InChI is InChI=1S/C25H33NO3/c1-18-7-9-19(10-8-18)17-26-15-14-25(27)13-5-4-6-22(25)24(26)21-16-20(28-2)11-12-23(21)29-3/h7-12,16,22,24,27H,4-6,13-15,17H2,1-3H3/p+1/t22-,24+,25-/m1/s1. The lowest BCUT2D eigenvalue weighted by Crippen LogP contribution is -3.13. The number of ether oxygens (including phenoxy) is 2. The van der Waals surface area contributed by atoms with Gasteiger partial charge in [0, 0.05) is 17.9 Å². The molecule has 0 amide bonds. The van der Waals surface area contributed by atoms with Gasteiger partial charge in [0.2, 0.25) is 0 Å². The molecule has 2 fully saturated rings. The minimum absolute atomic E-state index is 0.195. The van der Waals surface area contributed by atoms with E-state index in [1.165, 1.54) is 28.0 Å². The van der Waals surface area contributed by atoms with Crippen molar-refractivity contribution < 1.29 is 19.5 Å². The number of nitrogens with one attached hydrogen (secondary N) is 1. The Kier molecular flexibility index (Phi) is 5.84. The van der Waals surface area contributed by atoms with Crippen LogP contribution in [0.3, 0.4) is 0 Å². The van der Waals surface area contributed by atoms with Gasteiger partial charge in [0.05, 0.1) is 31.9 Å². The lowest BCUT2D eigenvalue weighted by atomic mass is 9.66. The van der Waals surface area contributed by atoms with E-state index in [1.54, 1.807) is 14.2 Å². The summed E-state index contributed by atoms with van der Waals surface area (Å²) in [7, 11) is 3.45. The number of hydrogen-bond acceptors (Lipinski definition) is 3. The summed E-state index contributed by atoms with van der Waals surface area (Å²) in [5.74, 6) is 1.99. The van der Waals surface area contributed by atoms with Gasteiger partial charge in [0.1, 0.15) is 24.1 Å². The number of quaternary nitrogens is 1. The van der Waals surface area contributed by atoms with E-state index in [-0.39, 0.29) is 12.0 Å². The van der Waals surface area contributed by atoms with Gasteiger partial charge in [-0.2, -0.15) is 0 Å². The van der Waals surface area contributed by atoms with Gasteiger partial charge in [-0.25, -0.2) is 0 Å². The quantitative estimate of drug-likeness (QED) is 0.813. The van der Waals surface area contributed by atoms with Crippen LogP contribution in [0.4, 0.5) is 0 Å². The Balaban J connectivity index is 1.75. The van der Waals surface area contributed by atoms with Crippen molar-refractivity contribution in [1.29, 1.82) is 0 Å². The second-order valence-electron chi connectivity index (χ2n) is 8.86. The first-order chi connectivity index (χ1) is 14.0. The van der Waals surface area contributed by atoms with E-state index in [1.807, 2.05) is 12.1 Å². The second kappa shape index (κ2) is 8.37. The molecule has 0 radical (unpaired) electrons. The molecule has 4 rings (SSSR count). The Morgan fingerprint density at radius 1 is 1.03 bits per heavy atom. The number of methoxy groups -OCH3 is 2. The lowest BCUT2D eigenvalue weighted by molar-refractivity contribution is -0.958. The first kappa shape index (κ1) is 20.2. The van der Waals surface area contributed by atoms with Gasteiger partial charge in [-0.15, -0.1) is 0 Å². The third kappa shape index (κ3) is 4.01. The summed E-state index contributed by atoms with van der Waals surface area (Å²) in [6.45, 7) is 4.05. The van der Waals surface area contributed by atoms with Crippen molar-refractivity contribution in [3.05, 3.63) is 59.2 Å². The number of aryl methyl sites for hydroxylation is 1. The number of benzene rings is 2. The van der Waals surface area contributed by atoms with E-state index in [2.05, 4.69) is 37.3 Å². The Labute approximate surface area is 174 Å². The van der Waals surface area contributed by atoms with Crippen LogP contribution in [-0.2, 0) is 6.54 Å². The van der Waals surface area contributed by atoms with E-state index >= 15 is 0 Å². The van der Waals surface area contributed by atoms with Crippen LogP contribution in [0, 0.1) is 12.8 Å². The molecule has 1 heterocycles. The van der Waals surface area contributed by atoms with E-state index in [9.17, 15) is 5.11 Å². The van der Waals surface area contributed by atoms with Crippen LogP contribution in [0.15, 0.2) is 42.5 Å². The van der Waals surface area contributed by atoms with E-state index in [4.69, 9.17) is 9.47 Å². The largest absolute Gasteiger partial charge is 0.497 e. The van der Waals surface area contributed by atoms with Gasteiger partial charge in [-0.05, 0) is 38.0 Å². The topological polar surface area (TPSA) is 43.1 Å². The summed E-state index contributed by atoms with van der Waals surface area (Å²) in [5.41, 5.74) is 3.24. The molecule has 2 aromatic rings. The second-order valence-corrected chi connectivity index (χ2v) is 8.86. The molecule has 1 unspecified atom stereocenters. The molecule has 2 aromatic carbocycles. The van der Waals surface area contributed by atoms with Crippen LogP contribution in [0.5, 0.6) is 11.5 Å². The monoisotopic (exact) mass is 396 g/mol. The number of rotatable bonds is 5. The predicted octanol–water partition coefficient (Wildman–Crippen LogP) is 3.46. The molecule has 4 heteroatoms. The van der Waals surface area contributed by atoms with Crippen molar-refractivity contribution in [2.75, 3.05) is 20.8 Å². The maximum absolute atomic E-state index is 11.5. The molecule has 2 aliphatic rings. The molecule has 0 aromatic heterocycles. The summed E-state index contributed by atoms with van der Waals surface area (Å²) in [5, 5.41) is 11.5. The summed E-state index contributed by atoms with van der Waals surface area (Å²) in [4.78, 5) is 1.51. The molecule has 4 atom stereocenters. The molecular weight excluding hydrogens is 362 g/mol. The average molecular weight is 397 g/mol. The van der Waals surface area contributed by atoms with Gasteiger partial charge in [-0.3, -0.25) is 0 Å². The van der Waals surface area contributed by atoms with Crippen LogP contribution >= 0.6 is 0 Å². The maximum Gasteiger partial charge on any atom is 0.128 e. The molecule has 29 heavy (non-hydrogen) atoms. The first-order valence-corrected chi connectivity index (χ1v) is 10.9. The van der Waals surface area contributed by atoms with Gasteiger partial charge in [-0.1, -0.05) is 42.7 Å². The molecule has 0 bridgehead atoms. The van der Waals surface area contributed by atoms with Crippen LogP contribution in [-0.4, -0.2) is 31.5 Å². The van der Waals surface area contributed by atoms with Gasteiger partial charge in [0.25, 0.3) is 0 Å². The van der Waals surface area contributed by atoms with Crippen LogP contribution in [0.1, 0.15) is 54.8 Å². The summed E-state index contributed by atoms with van der Waals surface area (Å²) in [6, 6.07) is 15.1. The minimum Gasteiger partial charge on any atom is -0.497 e. The van der Waals surface area contributed by atoms with Crippen LogP contribution in [0.25, 0.3) is 0 Å². The van der Waals surface area contributed by atoms with Gasteiger partial charge >= 0.3 is 0 Å². The Bertz CT molecular complexity index is 834. The zero-order valence-electron chi connectivity index (χ0n) is 17.9. The van der Waals surface area contributed by atoms with E-state index < -0.39 is 5.60 Å². The fraction of sp³-hybridized carbons (Fsp3) is 0.520. The summed E-state index contributed by atoms with van der Waals surface area (Å²) in [6.07, 6.45) is 5.18. The summed E-state index contributed by atoms with van der Waals surface area (Å²) < 4.78 is 11.3. The van der Waals surface area contributed by atoms with Crippen LogP contribution < -0.4 is 14.4 Å². The van der Waals surface area contributed by atoms with E-state index in [0.29, 0.717) is 0 Å². The first-order valence-electron chi connectivity index (χ1n) is 10.9. The van der Waals surface area contributed by atoms with Crippen molar-refractivity contribution >= 4 is 0 Å². The van der Waals surface area contributed by atoms with Crippen molar-refractivity contribution in [1.82, 2.24) is 0 Å². The molecule has 4 nitrogen and oxygen atoms in total. The highest BCUT2D eigenvalue weighted by atomic mass is 16.5. The highest BCUT2D eigenvalue weighted by Gasteiger charge is 2.52. The highest BCUT2D eigenvalue weighted by molar-refractivity contribution is 5.42.